The summed E-state index contributed by atoms with van der Waals surface area (Å²) < 4.78 is 1.80. The van der Waals surface area contributed by atoms with E-state index in [1.165, 1.54) is 0 Å². The van der Waals surface area contributed by atoms with Crippen molar-refractivity contribution in [2.45, 2.75) is 5.88 Å². The van der Waals surface area contributed by atoms with E-state index < -0.39 is 0 Å². The summed E-state index contributed by atoms with van der Waals surface area (Å²) in [5.41, 5.74) is 2.63. The van der Waals surface area contributed by atoms with Crippen molar-refractivity contribution < 1.29 is 0 Å². The molecule has 3 rings (SSSR count). The average Bonchev–Trinajstić information content (AvgIpc) is 2.89. The zero-order chi connectivity index (χ0) is 12.4. The lowest BCUT2D eigenvalue weighted by Gasteiger charge is -2.09. The highest BCUT2D eigenvalue weighted by molar-refractivity contribution is 6.17. The number of nitrogens with one attached hydrogen (secondary N) is 1. The Morgan fingerprint density at radius 3 is 3.06 bits per heavy atom. The minimum atomic E-state index is 0.443. The van der Waals surface area contributed by atoms with Crippen LogP contribution in [-0.2, 0) is 5.88 Å². The molecule has 0 atom stereocenters. The fraction of sp³-hybridized carbons (Fsp3) is 0.0833. The Balaban J connectivity index is 2.04. The Bertz CT molecular complexity index is 679. The lowest BCUT2D eigenvalue weighted by Crippen LogP contribution is -1.99. The maximum Gasteiger partial charge on any atom is 0.203 e. The first-order valence-corrected chi connectivity index (χ1v) is 5.97. The van der Waals surface area contributed by atoms with E-state index in [0.717, 1.165) is 11.3 Å². The number of nitrogens with zero attached hydrogens (tertiary/aromatic N) is 4. The molecule has 2 heterocycles. The maximum atomic E-state index is 5.90. The van der Waals surface area contributed by atoms with Gasteiger partial charge in [-0.15, -0.1) is 21.8 Å². The van der Waals surface area contributed by atoms with Gasteiger partial charge in [-0.3, -0.25) is 4.40 Å². The molecular weight excluding hydrogens is 250 g/mol. The van der Waals surface area contributed by atoms with Crippen molar-refractivity contribution in [3.8, 4) is 0 Å². The molecule has 0 amide bonds. The summed E-state index contributed by atoms with van der Waals surface area (Å²) in [7, 11) is 0. The molecule has 6 heteroatoms. The van der Waals surface area contributed by atoms with E-state index in [4.69, 9.17) is 11.6 Å². The van der Waals surface area contributed by atoms with Crippen LogP contribution in [0.2, 0.25) is 0 Å². The fourth-order valence-electron chi connectivity index (χ4n) is 1.73. The Hall–Kier alpha value is -2.14. The van der Waals surface area contributed by atoms with Crippen LogP contribution >= 0.6 is 11.6 Å². The standard InChI is InChI=1S/C12H10ClN5/c13-7-9-3-1-2-4-10(9)16-11-12-17-15-8-18(12)6-5-14-11/h1-6,8H,7H2,(H,14,16). The van der Waals surface area contributed by atoms with Crippen LogP contribution in [0.3, 0.4) is 0 Å². The van der Waals surface area contributed by atoms with Gasteiger partial charge >= 0.3 is 0 Å². The highest BCUT2D eigenvalue weighted by atomic mass is 35.5. The zero-order valence-electron chi connectivity index (χ0n) is 9.42. The smallest absolute Gasteiger partial charge is 0.203 e. The molecule has 18 heavy (non-hydrogen) atoms. The van der Waals surface area contributed by atoms with Crippen molar-refractivity contribution in [2.75, 3.05) is 5.32 Å². The van der Waals surface area contributed by atoms with Crippen molar-refractivity contribution in [1.29, 1.82) is 0 Å². The van der Waals surface area contributed by atoms with E-state index in [2.05, 4.69) is 20.5 Å². The van der Waals surface area contributed by atoms with Gasteiger partial charge < -0.3 is 5.32 Å². The third kappa shape index (κ3) is 1.89. The molecule has 90 valence electrons. The highest BCUT2D eigenvalue weighted by Crippen LogP contribution is 2.22. The van der Waals surface area contributed by atoms with Gasteiger partial charge in [-0.1, -0.05) is 18.2 Å². The number of hydrogen-bond donors (Lipinski definition) is 1. The minimum absolute atomic E-state index is 0.443. The number of halogens is 1. The fourth-order valence-corrected chi connectivity index (χ4v) is 1.97. The quantitative estimate of drug-likeness (QED) is 0.735. The highest BCUT2D eigenvalue weighted by Gasteiger charge is 2.07. The van der Waals surface area contributed by atoms with Gasteiger partial charge in [0.2, 0.25) is 5.65 Å². The summed E-state index contributed by atoms with van der Waals surface area (Å²) in [4.78, 5) is 4.27. The second-order valence-electron chi connectivity index (χ2n) is 3.75. The maximum absolute atomic E-state index is 5.90. The third-order valence-corrected chi connectivity index (χ3v) is 2.92. The second kappa shape index (κ2) is 4.62. The van der Waals surface area contributed by atoms with Crippen LogP contribution in [0.1, 0.15) is 5.56 Å². The SMILES string of the molecule is ClCc1ccccc1Nc1nccn2cnnc12. The molecule has 0 aliphatic carbocycles. The number of aromatic nitrogens is 4. The largest absolute Gasteiger partial charge is 0.337 e. The predicted octanol–water partition coefficient (Wildman–Crippen LogP) is 2.61. The Morgan fingerprint density at radius 1 is 1.28 bits per heavy atom. The summed E-state index contributed by atoms with van der Waals surface area (Å²) in [6.07, 6.45) is 5.13. The number of rotatable bonds is 3. The zero-order valence-corrected chi connectivity index (χ0v) is 10.2. The molecule has 1 aromatic carbocycles. The first-order chi connectivity index (χ1) is 8.88. The van der Waals surface area contributed by atoms with Crippen molar-refractivity contribution in [3.05, 3.63) is 48.5 Å². The molecule has 0 saturated carbocycles. The Labute approximate surface area is 108 Å². The van der Waals surface area contributed by atoms with Gasteiger partial charge in [-0.05, 0) is 11.6 Å². The van der Waals surface area contributed by atoms with Crippen LogP contribution in [0.5, 0.6) is 0 Å². The lowest BCUT2D eigenvalue weighted by molar-refractivity contribution is 1.10. The topological polar surface area (TPSA) is 55.1 Å². The minimum Gasteiger partial charge on any atom is -0.337 e. The van der Waals surface area contributed by atoms with Crippen molar-refractivity contribution >= 4 is 28.8 Å². The van der Waals surface area contributed by atoms with E-state index >= 15 is 0 Å². The van der Waals surface area contributed by atoms with Gasteiger partial charge in [0.05, 0.1) is 0 Å². The normalized spacial score (nSPS) is 10.7. The molecule has 0 fully saturated rings. The molecule has 0 aliphatic rings. The summed E-state index contributed by atoms with van der Waals surface area (Å²) in [5, 5.41) is 11.1. The van der Waals surface area contributed by atoms with Gasteiger partial charge in [0.15, 0.2) is 5.82 Å². The second-order valence-corrected chi connectivity index (χ2v) is 4.02. The average molecular weight is 260 g/mol. The van der Waals surface area contributed by atoms with Crippen LogP contribution in [-0.4, -0.2) is 19.6 Å². The van der Waals surface area contributed by atoms with E-state index in [9.17, 15) is 0 Å². The number of benzene rings is 1. The van der Waals surface area contributed by atoms with Crippen LogP contribution in [0.15, 0.2) is 43.0 Å². The molecule has 1 N–H and O–H groups in total. The number of alkyl halides is 1. The number of para-hydroxylation sites is 1. The van der Waals surface area contributed by atoms with E-state index in [1.807, 2.05) is 24.3 Å². The molecule has 0 radical (unpaired) electrons. The Kier molecular flexibility index (Phi) is 2.82. The molecule has 0 spiro atoms. The number of anilines is 2. The van der Waals surface area contributed by atoms with Crippen LogP contribution in [0.25, 0.3) is 5.65 Å². The van der Waals surface area contributed by atoms with Gasteiger partial charge in [0, 0.05) is 24.0 Å². The molecule has 0 bridgehead atoms. The van der Waals surface area contributed by atoms with Crippen LogP contribution in [0, 0.1) is 0 Å². The molecule has 0 unspecified atom stereocenters. The van der Waals surface area contributed by atoms with E-state index in [0.29, 0.717) is 17.3 Å². The third-order valence-electron chi connectivity index (χ3n) is 2.63. The molecular formula is C12H10ClN5. The Morgan fingerprint density at radius 2 is 2.17 bits per heavy atom. The molecule has 2 aromatic heterocycles. The number of hydrogen-bond acceptors (Lipinski definition) is 4. The molecule has 0 saturated heterocycles. The lowest BCUT2D eigenvalue weighted by atomic mass is 10.2. The van der Waals surface area contributed by atoms with Crippen molar-refractivity contribution in [1.82, 2.24) is 19.6 Å². The molecule has 5 nitrogen and oxygen atoms in total. The van der Waals surface area contributed by atoms with E-state index in [-0.39, 0.29) is 0 Å². The summed E-state index contributed by atoms with van der Waals surface area (Å²) in [5.74, 6) is 1.10. The number of fused-ring (bicyclic) bond motifs is 1. The van der Waals surface area contributed by atoms with E-state index in [1.54, 1.807) is 23.1 Å². The monoisotopic (exact) mass is 259 g/mol. The molecule has 3 aromatic rings. The first-order valence-electron chi connectivity index (χ1n) is 5.44. The van der Waals surface area contributed by atoms with Crippen LogP contribution < -0.4 is 5.32 Å². The first kappa shape index (κ1) is 11.0. The molecule has 0 aliphatic heterocycles. The van der Waals surface area contributed by atoms with Gasteiger partial charge in [0.1, 0.15) is 6.33 Å². The van der Waals surface area contributed by atoms with Crippen molar-refractivity contribution in [2.24, 2.45) is 0 Å². The van der Waals surface area contributed by atoms with Gasteiger partial charge in [-0.2, -0.15) is 0 Å². The predicted molar refractivity (Wildman–Crippen MR) is 70.1 cm³/mol. The van der Waals surface area contributed by atoms with Crippen LogP contribution in [0.4, 0.5) is 11.5 Å². The van der Waals surface area contributed by atoms with Gasteiger partial charge in [-0.25, -0.2) is 4.98 Å². The summed E-state index contributed by atoms with van der Waals surface area (Å²) in [6, 6.07) is 7.83. The van der Waals surface area contributed by atoms with Crippen molar-refractivity contribution in [3.63, 3.8) is 0 Å². The summed E-state index contributed by atoms with van der Waals surface area (Å²) in [6.45, 7) is 0. The van der Waals surface area contributed by atoms with Gasteiger partial charge in [0.25, 0.3) is 0 Å². The summed E-state index contributed by atoms with van der Waals surface area (Å²) >= 11 is 5.90.